The minimum absolute atomic E-state index is 0.0995. The van der Waals surface area contributed by atoms with Crippen molar-refractivity contribution in [1.82, 2.24) is 14.8 Å². The number of nitrogens with zero attached hydrogens (tertiary/aromatic N) is 2. The Kier molecular flexibility index (Phi) is 6.60. The molecule has 1 amide bonds. The molecule has 2 heterocycles. The number of aromatic hydroxyl groups is 1. The molecule has 1 saturated heterocycles. The Morgan fingerprint density at radius 2 is 1.93 bits per heavy atom. The van der Waals surface area contributed by atoms with Gasteiger partial charge in [0.1, 0.15) is 0 Å². The minimum Gasteiger partial charge on any atom is -0.494 e. The monoisotopic (exact) mass is 425 g/mol. The Balaban J connectivity index is 1.38. The van der Waals surface area contributed by atoms with E-state index in [1.54, 1.807) is 10.6 Å². The van der Waals surface area contributed by atoms with Gasteiger partial charge in [-0.25, -0.2) is 0 Å². The number of hydrogen-bond acceptors (Lipinski definition) is 3. The van der Waals surface area contributed by atoms with Crippen LogP contribution in [0.4, 0.5) is 0 Å². The van der Waals surface area contributed by atoms with Crippen LogP contribution in [0, 0.1) is 0 Å². The van der Waals surface area contributed by atoms with Crippen LogP contribution in [0.15, 0.2) is 48.7 Å². The van der Waals surface area contributed by atoms with Crippen LogP contribution < -0.4 is 5.32 Å². The van der Waals surface area contributed by atoms with E-state index in [0.717, 1.165) is 23.9 Å². The summed E-state index contributed by atoms with van der Waals surface area (Å²) < 4.78 is 1.77. The molecule has 0 unspecified atom stereocenters. The number of rotatable bonds is 7. The summed E-state index contributed by atoms with van der Waals surface area (Å²) in [6.07, 6.45) is 6.75. The molecule has 1 aliphatic rings. The van der Waals surface area contributed by atoms with Crippen LogP contribution in [0.1, 0.15) is 41.6 Å². The highest BCUT2D eigenvalue weighted by Gasteiger charge is 2.13. The molecule has 1 aliphatic heterocycles. The molecule has 0 bridgehead atoms. The first-order valence-electron chi connectivity index (χ1n) is 10.7. The van der Waals surface area contributed by atoms with Gasteiger partial charge in [-0.2, -0.15) is 0 Å². The normalized spacial score (nSPS) is 14.8. The highest BCUT2D eigenvalue weighted by atomic mass is 35.5. The lowest BCUT2D eigenvalue weighted by atomic mass is 10.1. The largest absolute Gasteiger partial charge is 0.494 e. The number of likely N-dealkylation sites (tertiary alicyclic amines) is 1. The molecule has 0 radical (unpaired) electrons. The van der Waals surface area contributed by atoms with E-state index in [2.05, 4.69) is 10.2 Å². The van der Waals surface area contributed by atoms with Crippen molar-refractivity contribution >= 4 is 28.3 Å². The average Bonchev–Trinajstić information content (AvgIpc) is 3.06. The number of piperidine rings is 1. The van der Waals surface area contributed by atoms with E-state index in [0.29, 0.717) is 29.1 Å². The predicted octanol–water partition coefficient (Wildman–Crippen LogP) is 4.65. The molecular weight excluding hydrogens is 398 g/mol. The third-order valence-corrected chi connectivity index (χ3v) is 5.99. The van der Waals surface area contributed by atoms with E-state index in [-0.39, 0.29) is 11.8 Å². The lowest BCUT2D eigenvalue weighted by molar-refractivity contribution is 0.0951. The van der Waals surface area contributed by atoms with E-state index in [4.69, 9.17) is 11.6 Å². The Hall–Kier alpha value is -2.50. The van der Waals surface area contributed by atoms with Crippen molar-refractivity contribution < 1.29 is 9.90 Å². The van der Waals surface area contributed by atoms with Crippen LogP contribution in [0.5, 0.6) is 5.88 Å². The number of fused-ring (bicyclic) bond motifs is 1. The van der Waals surface area contributed by atoms with Gasteiger partial charge in [0.15, 0.2) is 5.88 Å². The van der Waals surface area contributed by atoms with Crippen LogP contribution in [-0.2, 0) is 6.54 Å². The Bertz CT molecular complexity index is 1020. The zero-order chi connectivity index (χ0) is 20.9. The maximum Gasteiger partial charge on any atom is 0.251 e. The number of benzene rings is 2. The number of amides is 1. The van der Waals surface area contributed by atoms with Crippen molar-refractivity contribution in [3.05, 3.63) is 64.8 Å². The number of halogens is 1. The smallest absolute Gasteiger partial charge is 0.251 e. The summed E-state index contributed by atoms with van der Waals surface area (Å²) in [6, 6.07) is 13.0. The van der Waals surface area contributed by atoms with Crippen molar-refractivity contribution in [2.45, 2.75) is 32.2 Å². The van der Waals surface area contributed by atoms with Crippen LogP contribution >= 0.6 is 11.6 Å². The van der Waals surface area contributed by atoms with Gasteiger partial charge in [0, 0.05) is 34.1 Å². The van der Waals surface area contributed by atoms with E-state index < -0.39 is 0 Å². The maximum atomic E-state index is 12.6. The minimum atomic E-state index is -0.0995. The SMILES string of the molecule is O=C(NCCCN1CCCCC1)c1ccc2cn(Cc3cccc(Cl)c3)c(O)c2c1. The summed E-state index contributed by atoms with van der Waals surface area (Å²) in [5.74, 6) is 0.0576. The molecule has 0 atom stereocenters. The summed E-state index contributed by atoms with van der Waals surface area (Å²) in [4.78, 5) is 15.0. The summed E-state index contributed by atoms with van der Waals surface area (Å²) in [5, 5.41) is 15.9. The van der Waals surface area contributed by atoms with Gasteiger partial charge in [0.05, 0.1) is 6.54 Å². The lowest BCUT2D eigenvalue weighted by Gasteiger charge is -2.26. The second kappa shape index (κ2) is 9.54. The maximum absolute atomic E-state index is 12.6. The first-order valence-corrected chi connectivity index (χ1v) is 11.0. The molecule has 158 valence electrons. The van der Waals surface area contributed by atoms with E-state index in [1.807, 2.05) is 42.6 Å². The molecule has 4 rings (SSSR count). The first kappa shape index (κ1) is 20.8. The van der Waals surface area contributed by atoms with Gasteiger partial charge < -0.3 is 19.9 Å². The van der Waals surface area contributed by atoms with E-state index in [1.165, 1.54) is 32.4 Å². The quantitative estimate of drug-likeness (QED) is 0.541. The molecule has 2 aromatic carbocycles. The fourth-order valence-corrected chi connectivity index (χ4v) is 4.34. The predicted molar refractivity (Wildman–Crippen MR) is 121 cm³/mol. The van der Waals surface area contributed by atoms with Crippen molar-refractivity contribution in [3.8, 4) is 5.88 Å². The number of aromatic nitrogens is 1. The van der Waals surface area contributed by atoms with Crippen LogP contribution in [0.3, 0.4) is 0 Å². The number of hydrogen-bond donors (Lipinski definition) is 2. The molecule has 0 aliphatic carbocycles. The van der Waals surface area contributed by atoms with Crippen LogP contribution in [0.25, 0.3) is 10.8 Å². The van der Waals surface area contributed by atoms with Crippen LogP contribution in [-0.4, -0.2) is 46.7 Å². The first-order chi connectivity index (χ1) is 14.6. The molecule has 6 heteroatoms. The molecule has 0 spiro atoms. The van der Waals surface area contributed by atoms with Gasteiger partial charge in [-0.3, -0.25) is 4.79 Å². The summed E-state index contributed by atoms with van der Waals surface area (Å²) in [7, 11) is 0. The Morgan fingerprint density at radius 1 is 1.10 bits per heavy atom. The van der Waals surface area contributed by atoms with Crippen molar-refractivity contribution in [2.24, 2.45) is 0 Å². The third-order valence-electron chi connectivity index (χ3n) is 5.75. The summed E-state index contributed by atoms with van der Waals surface area (Å²) >= 11 is 6.06. The van der Waals surface area contributed by atoms with Gasteiger partial charge in [-0.1, -0.05) is 36.2 Å². The molecule has 1 fully saturated rings. The molecular formula is C24H28ClN3O2. The number of carbonyl (C=O) groups excluding carboxylic acids is 1. The van der Waals surface area contributed by atoms with Gasteiger partial charge in [0.2, 0.25) is 0 Å². The molecule has 5 nitrogen and oxygen atoms in total. The van der Waals surface area contributed by atoms with Gasteiger partial charge >= 0.3 is 0 Å². The number of nitrogens with one attached hydrogen (secondary N) is 1. The fourth-order valence-electron chi connectivity index (χ4n) is 4.13. The fraction of sp³-hybridized carbons (Fsp3) is 0.375. The highest BCUT2D eigenvalue weighted by molar-refractivity contribution is 6.30. The summed E-state index contributed by atoms with van der Waals surface area (Å²) in [6.45, 7) is 4.56. The Labute approximate surface area is 182 Å². The van der Waals surface area contributed by atoms with E-state index >= 15 is 0 Å². The highest BCUT2D eigenvalue weighted by Crippen LogP contribution is 2.29. The number of carbonyl (C=O) groups is 1. The zero-order valence-electron chi connectivity index (χ0n) is 17.1. The average molecular weight is 426 g/mol. The van der Waals surface area contributed by atoms with Crippen molar-refractivity contribution in [3.63, 3.8) is 0 Å². The van der Waals surface area contributed by atoms with Crippen molar-refractivity contribution in [2.75, 3.05) is 26.2 Å². The molecule has 30 heavy (non-hydrogen) atoms. The molecule has 0 saturated carbocycles. The van der Waals surface area contributed by atoms with Crippen molar-refractivity contribution in [1.29, 1.82) is 0 Å². The Morgan fingerprint density at radius 3 is 2.73 bits per heavy atom. The molecule has 2 N–H and O–H groups in total. The lowest BCUT2D eigenvalue weighted by Crippen LogP contribution is -2.33. The standard InChI is InChI=1S/C24H28ClN3O2/c25-21-7-4-6-18(14-21)16-28-17-20-9-8-19(15-22(20)24(28)30)23(29)26-10-5-13-27-11-2-1-3-12-27/h4,6-9,14-15,17,30H,1-3,5,10-13,16H2,(H,26,29). The van der Waals surface area contributed by atoms with Gasteiger partial charge in [-0.05, 0) is 68.7 Å². The van der Waals surface area contributed by atoms with Gasteiger partial charge in [-0.15, -0.1) is 0 Å². The van der Waals surface area contributed by atoms with Crippen LogP contribution in [0.2, 0.25) is 5.02 Å². The zero-order valence-corrected chi connectivity index (χ0v) is 17.9. The second-order valence-electron chi connectivity index (χ2n) is 8.02. The molecule has 1 aromatic heterocycles. The summed E-state index contributed by atoms with van der Waals surface area (Å²) in [5.41, 5.74) is 1.57. The third kappa shape index (κ3) is 4.97. The van der Waals surface area contributed by atoms with Gasteiger partial charge in [0.25, 0.3) is 5.91 Å². The van der Waals surface area contributed by atoms with E-state index in [9.17, 15) is 9.90 Å². The molecule has 3 aromatic rings. The second-order valence-corrected chi connectivity index (χ2v) is 8.46. The topological polar surface area (TPSA) is 57.5 Å².